The van der Waals surface area contributed by atoms with Crippen molar-refractivity contribution < 1.29 is 9.53 Å². The van der Waals surface area contributed by atoms with Crippen molar-refractivity contribution in [1.29, 1.82) is 0 Å². The number of aryl methyl sites for hydroxylation is 1. The highest BCUT2D eigenvalue weighted by Gasteiger charge is 2.22. The van der Waals surface area contributed by atoms with E-state index < -0.39 is 0 Å². The molecule has 0 radical (unpaired) electrons. The number of carbonyl (C=O) groups is 1. The minimum Gasteiger partial charge on any atom is -0.482 e. The molecule has 1 aromatic heterocycles. The molecule has 1 amide bonds. The van der Waals surface area contributed by atoms with Crippen LogP contribution in [0.25, 0.3) is 0 Å². The molecule has 1 heterocycles. The van der Waals surface area contributed by atoms with Crippen molar-refractivity contribution in [3.63, 3.8) is 0 Å². The molecule has 0 spiro atoms. The van der Waals surface area contributed by atoms with Crippen LogP contribution in [0, 0.1) is 0 Å². The van der Waals surface area contributed by atoms with Gasteiger partial charge in [-0.1, -0.05) is 23.2 Å². The van der Waals surface area contributed by atoms with Crippen molar-refractivity contribution in [2.45, 2.75) is 25.3 Å². The summed E-state index contributed by atoms with van der Waals surface area (Å²) in [7, 11) is 3.83. The summed E-state index contributed by atoms with van der Waals surface area (Å²) in [5.74, 6) is 0.958. The highest BCUT2D eigenvalue weighted by atomic mass is 35.5. The summed E-state index contributed by atoms with van der Waals surface area (Å²) in [6, 6.07) is 4.94. The molecule has 26 heavy (non-hydrogen) atoms. The predicted molar refractivity (Wildman–Crippen MR) is 102 cm³/mol. The first kappa shape index (κ1) is 18.7. The SMILES string of the molecule is CN(C)c1ncc2c(n1)CCC(NC(=O)COc1ccc(Cl)cc1Cl)C2. The molecule has 0 saturated heterocycles. The van der Waals surface area contributed by atoms with Crippen molar-refractivity contribution in [3.8, 4) is 5.75 Å². The summed E-state index contributed by atoms with van der Waals surface area (Å²) >= 11 is 11.9. The van der Waals surface area contributed by atoms with Gasteiger partial charge < -0.3 is 15.0 Å². The molecule has 0 aliphatic heterocycles. The van der Waals surface area contributed by atoms with Crippen LogP contribution in [-0.2, 0) is 17.6 Å². The van der Waals surface area contributed by atoms with Crippen molar-refractivity contribution in [3.05, 3.63) is 45.7 Å². The topological polar surface area (TPSA) is 67.4 Å². The van der Waals surface area contributed by atoms with E-state index in [1.807, 2.05) is 25.2 Å². The molecular weight excluding hydrogens is 375 g/mol. The number of hydrogen-bond donors (Lipinski definition) is 1. The number of aromatic nitrogens is 2. The standard InChI is InChI=1S/C18H20Cl2N4O2/c1-24(2)18-21-9-11-7-13(4-5-15(11)23-18)22-17(25)10-26-16-6-3-12(19)8-14(16)20/h3,6,8-9,13H,4-5,7,10H2,1-2H3,(H,22,25). The Morgan fingerprint density at radius 1 is 1.38 bits per heavy atom. The number of benzene rings is 1. The lowest BCUT2D eigenvalue weighted by Crippen LogP contribution is -2.41. The van der Waals surface area contributed by atoms with E-state index in [0.29, 0.717) is 21.7 Å². The zero-order chi connectivity index (χ0) is 18.7. The summed E-state index contributed by atoms with van der Waals surface area (Å²) in [4.78, 5) is 23.0. The largest absolute Gasteiger partial charge is 0.482 e. The average Bonchev–Trinajstić information content (AvgIpc) is 2.60. The van der Waals surface area contributed by atoms with Crippen LogP contribution in [0.1, 0.15) is 17.7 Å². The van der Waals surface area contributed by atoms with Gasteiger partial charge in [-0.3, -0.25) is 4.79 Å². The Labute approximate surface area is 162 Å². The van der Waals surface area contributed by atoms with Gasteiger partial charge in [0.05, 0.1) is 5.02 Å². The monoisotopic (exact) mass is 394 g/mol. The van der Waals surface area contributed by atoms with Gasteiger partial charge in [-0.05, 0) is 43.0 Å². The number of fused-ring (bicyclic) bond motifs is 1. The Bertz CT molecular complexity index is 814. The van der Waals surface area contributed by atoms with E-state index in [-0.39, 0.29) is 18.6 Å². The van der Waals surface area contributed by atoms with E-state index >= 15 is 0 Å². The molecule has 0 saturated carbocycles. The number of amides is 1. The van der Waals surface area contributed by atoms with Gasteiger partial charge in [-0.2, -0.15) is 0 Å². The van der Waals surface area contributed by atoms with Gasteiger partial charge in [-0.15, -0.1) is 0 Å². The van der Waals surface area contributed by atoms with Crippen LogP contribution in [0.2, 0.25) is 10.0 Å². The van der Waals surface area contributed by atoms with E-state index in [2.05, 4.69) is 15.3 Å². The molecule has 1 aliphatic rings. The third-order valence-corrected chi connectivity index (χ3v) is 4.69. The Hall–Kier alpha value is -2.05. The van der Waals surface area contributed by atoms with E-state index in [1.54, 1.807) is 18.2 Å². The molecule has 1 atom stereocenters. The third-order valence-electron chi connectivity index (χ3n) is 4.16. The average molecular weight is 395 g/mol. The Balaban J connectivity index is 1.54. The molecule has 1 aliphatic carbocycles. The number of nitrogens with zero attached hydrogens (tertiary/aromatic N) is 3. The maximum absolute atomic E-state index is 12.2. The zero-order valence-corrected chi connectivity index (χ0v) is 16.1. The second kappa shape index (κ2) is 8.10. The van der Waals surface area contributed by atoms with Crippen LogP contribution in [0.3, 0.4) is 0 Å². The fourth-order valence-electron chi connectivity index (χ4n) is 2.84. The number of ether oxygens (including phenoxy) is 1. The molecule has 0 fully saturated rings. The van der Waals surface area contributed by atoms with Crippen LogP contribution in [0.4, 0.5) is 5.95 Å². The Kier molecular flexibility index (Phi) is 5.84. The van der Waals surface area contributed by atoms with Gasteiger partial charge in [-0.25, -0.2) is 9.97 Å². The highest BCUT2D eigenvalue weighted by Crippen LogP contribution is 2.27. The zero-order valence-electron chi connectivity index (χ0n) is 14.6. The summed E-state index contributed by atoms with van der Waals surface area (Å²) < 4.78 is 5.47. The smallest absolute Gasteiger partial charge is 0.258 e. The van der Waals surface area contributed by atoms with Gasteiger partial charge in [0, 0.05) is 37.1 Å². The molecular formula is C18H20Cl2N4O2. The van der Waals surface area contributed by atoms with E-state index in [1.165, 1.54) is 0 Å². The van der Waals surface area contributed by atoms with Crippen molar-refractivity contribution in [1.82, 2.24) is 15.3 Å². The minimum absolute atomic E-state index is 0.0492. The fraction of sp³-hybridized carbons (Fsp3) is 0.389. The Morgan fingerprint density at radius 3 is 2.92 bits per heavy atom. The lowest BCUT2D eigenvalue weighted by atomic mass is 9.93. The van der Waals surface area contributed by atoms with Gasteiger partial charge in [0.2, 0.25) is 5.95 Å². The summed E-state index contributed by atoms with van der Waals surface area (Å²) in [6.45, 7) is -0.0965. The highest BCUT2D eigenvalue weighted by molar-refractivity contribution is 6.35. The number of hydrogen-bond acceptors (Lipinski definition) is 5. The second-order valence-electron chi connectivity index (χ2n) is 6.41. The maximum atomic E-state index is 12.2. The second-order valence-corrected chi connectivity index (χ2v) is 7.25. The summed E-state index contributed by atoms with van der Waals surface area (Å²) in [5, 5.41) is 3.90. The number of carbonyl (C=O) groups excluding carboxylic acids is 1. The van der Waals surface area contributed by atoms with Crippen LogP contribution in [-0.4, -0.2) is 42.6 Å². The van der Waals surface area contributed by atoms with Gasteiger partial charge >= 0.3 is 0 Å². The van der Waals surface area contributed by atoms with Gasteiger partial charge in [0.15, 0.2) is 6.61 Å². The molecule has 2 aromatic rings. The van der Waals surface area contributed by atoms with Crippen molar-refractivity contribution in [2.75, 3.05) is 25.6 Å². The minimum atomic E-state index is -0.185. The number of anilines is 1. The molecule has 1 N–H and O–H groups in total. The van der Waals surface area contributed by atoms with Crippen LogP contribution in [0.15, 0.2) is 24.4 Å². The molecule has 3 rings (SSSR count). The number of rotatable bonds is 5. The first-order valence-electron chi connectivity index (χ1n) is 8.31. The quantitative estimate of drug-likeness (QED) is 0.844. The first-order chi connectivity index (χ1) is 12.4. The molecule has 1 aromatic carbocycles. The van der Waals surface area contributed by atoms with Crippen LogP contribution >= 0.6 is 23.2 Å². The van der Waals surface area contributed by atoms with E-state index in [9.17, 15) is 4.79 Å². The number of nitrogens with one attached hydrogen (secondary N) is 1. The van der Waals surface area contributed by atoms with Crippen molar-refractivity contribution >= 4 is 35.1 Å². The number of halogens is 2. The molecule has 1 unspecified atom stereocenters. The maximum Gasteiger partial charge on any atom is 0.258 e. The summed E-state index contributed by atoms with van der Waals surface area (Å²) in [6.07, 6.45) is 4.22. The van der Waals surface area contributed by atoms with Gasteiger partial charge in [0.25, 0.3) is 5.91 Å². The molecule has 138 valence electrons. The summed E-state index contributed by atoms with van der Waals surface area (Å²) in [5.41, 5.74) is 2.13. The normalized spacial score (nSPS) is 15.9. The van der Waals surface area contributed by atoms with Crippen LogP contribution < -0.4 is 15.0 Å². The first-order valence-corrected chi connectivity index (χ1v) is 9.07. The van der Waals surface area contributed by atoms with Crippen LogP contribution in [0.5, 0.6) is 5.75 Å². The third kappa shape index (κ3) is 4.56. The fourth-order valence-corrected chi connectivity index (χ4v) is 3.30. The Morgan fingerprint density at radius 2 is 2.19 bits per heavy atom. The predicted octanol–water partition coefficient (Wildman–Crippen LogP) is 2.90. The lowest BCUT2D eigenvalue weighted by Gasteiger charge is -2.25. The molecule has 8 heteroatoms. The van der Waals surface area contributed by atoms with E-state index in [4.69, 9.17) is 27.9 Å². The lowest BCUT2D eigenvalue weighted by molar-refractivity contribution is -0.123. The molecule has 0 bridgehead atoms. The molecule has 6 nitrogen and oxygen atoms in total. The van der Waals surface area contributed by atoms with Crippen molar-refractivity contribution in [2.24, 2.45) is 0 Å². The van der Waals surface area contributed by atoms with Gasteiger partial charge in [0.1, 0.15) is 5.75 Å². The van der Waals surface area contributed by atoms with E-state index in [0.717, 1.165) is 30.5 Å².